The molecular weight excluding hydrogens is 506 g/mol. The molecule has 2 rings (SSSR count). The Labute approximate surface area is 252 Å². The van der Waals surface area contributed by atoms with Crippen LogP contribution in [-0.2, 0) is 22.5 Å². The summed E-state index contributed by atoms with van der Waals surface area (Å²) in [6.07, 6.45) is 18.2. The van der Waals surface area contributed by atoms with Gasteiger partial charge in [-0.2, -0.15) is 0 Å². The van der Waals surface area contributed by atoms with Gasteiger partial charge in [-0.3, -0.25) is 4.79 Å². The summed E-state index contributed by atoms with van der Waals surface area (Å²) in [6.45, 7) is 7.94. The highest BCUT2D eigenvalue weighted by Crippen LogP contribution is 2.24. The molecule has 2 aromatic carbocycles. The number of hydrogen-bond acceptors (Lipinski definition) is 3. The van der Waals surface area contributed by atoms with Crippen molar-refractivity contribution >= 4 is 5.97 Å². The van der Waals surface area contributed by atoms with Gasteiger partial charge in [0.1, 0.15) is 18.2 Å². The molecule has 0 N–H and O–H groups in total. The molecule has 0 fully saturated rings. The Balaban J connectivity index is 1.76. The molecule has 0 amide bonds. The molecule has 0 aliphatic heterocycles. The first kappa shape index (κ1) is 34.9. The summed E-state index contributed by atoms with van der Waals surface area (Å²) >= 11 is 0. The summed E-state index contributed by atoms with van der Waals surface area (Å²) in [5.41, 5.74) is 2.49. The van der Waals surface area contributed by atoms with Gasteiger partial charge in [0.25, 0.3) is 0 Å². The number of carbonyl (C=O) groups excluding carboxylic acids is 1. The van der Waals surface area contributed by atoms with Crippen LogP contribution >= 0.6 is 0 Å². The lowest BCUT2D eigenvalue weighted by molar-refractivity contribution is -0.905. The average molecular weight is 567 g/mol. The van der Waals surface area contributed by atoms with E-state index in [4.69, 9.17) is 9.47 Å². The number of quaternary nitrogens is 1. The number of esters is 1. The summed E-state index contributed by atoms with van der Waals surface area (Å²) in [5.74, 6) is 0.462. The van der Waals surface area contributed by atoms with Crippen LogP contribution < -0.4 is 4.74 Å². The van der Waals surface area contributed by atoms with Crippen molar-refractivity contribution in [1.29, 1.82) is 0 Å². The normalized spacial score (nSPS) is 13.1. The number of aryl methyl sites for hydroxylation is 1. The molecule has 230 valence electrons. The zero-order valence-electron chi connectivity index (χ0n) is 27.0. The largest absolute Gasteiger partial charge is 0.455 e. The van der Waals surface area contributed by atoms with Gasteiger partial charge < -0.3 is 14.0 Å². The third-order valence-corrected chi connectivity index (χ3v) is 7.93. The summed E-state index contributed by atoms with van der Waals surface area (Å²) in [7, 11) is 4.34. The Morgan fingerprint density at radius 2 is 1.29 bits per heavy atom. The Morgan fingerprint density at radius 1 is 0.732 bits per heavy atom. The van der Waals surface area contributed by atoms with Crippen molar-refractivity contribution in [3.05, 3.63) is 65.7 Å². The van der Waals surface area contributed by atoms with E-state index < -0.39 is 6.29 Å². The van der Waals surface area contributed by atoms with E-state index in [0.717, 1.165) is 29.6 Å². The predicted octanol–water partition coefficient (Wildman–Crippen LogP) is 9.89. The molecule has 0 aromatic heterocycles. The molecule has 0 saturated carbocycles. The van der Waals surface area contributed by atoms with Gasteiger partial charge in [0.05, 0.1) is 20.6 Å². The highest BCUT2D eigenvalue weighted by atomic mass is 16.7. The second kappa shape index (κ2) is 20.5. The van der Waals surface area contributed by atoms with Crippen LogP contribution in [0.3, 0.4) is 0 Å². The molecule has 0 aliphatic carbocycles. The van der Waals surface area contributed by atoms with Crippen LogP contribution in [0.4, 0.5) is 0 Å². The monoisotopic (exact) mass is 566 g/mol. The van der Waals surface area contributed by atoms with Gasteiger partial charge in [-0.25, -0.2) is 0 Å². The molecular formula is C37H60NO3+. The molecule has 0 heterocycles. The molecule has 4 nitrogen and oxygen atoms in total. The number of benzene rings is 2. The molecule has 0 aliphatic rings. The van der Waals surface area contributed by atoms with Gasteiger partial charge in [0.15, 0.2) is 0 Å². The molecule has 41 heavy (non-hydrogen) atoms. The van der Waals surface area contributed by atoms with Crippen LogP contribution in [0, 0.1) is 5.92 Å². The van der Waals surface area contributed by atoms with E-state index >= 15 is 0 Å². The minimum atomic E-state index is -0.553. The highest BCUT2D eigenvalue weighted by Gasteiger charge is 2.28. The number of rotatable bonds is 23. The van der Waals surface area contributed by atoms with E-state index in [9.17, 15) is 4.79 Å². The standard InChI is InChI=1S/C37H60NO3/c1-6-8-9-10-11-12-13-14-15-16-17-21-27-34-28-22-23-29-35(34)40-36(24-7-2)41-37(39)32(3)30-38(4,5)31-33-25-19-18-20-26-33/h18-20,22-23,25-26,28-29,32,36H,6-17,21,24,27,30-31H2,1-5H3/q+1. The minimum absolute atomic E-state index is 0.179. The first-order valence-corrected chi connectivity index (χ1v) is 16.7. The second-order valence-corrected chi connectivity index (χ2v) is 12.7. The van der Waals surface area contributed by atoms with E-state index in [0.29, 0.717) is 13.0 Å². The number of para-hydroxylation sites is 1. The van der Waals surface area contributed by atoms with E-state index in [2.05, 4.69) is 64.3 Å². The van der Waals surface area contributed by atoms with Crippen molar-refractivity contribution in [2.75, 3.05) is 20.6 Å². The average Bonchev–Trinajstić information content (AvgIpc) is 2.94. The van der Waals surface area contributed by atoms with Gasteiger partial charge in [0, 0.05) is 12.0 Å². The predicted molar refractivity (Wildman–Crippen MR) is 173 cm³/mol. The summed E-state index contributed by atoms with van der Waals surface area (Å²) in [6, 6.07) is 18.7. The fourth-order valence-electron chi connectivity index (χ4n) is 5.70. The fraction of sp³-hybridized carbons (Fsp3) is 0.649. The highest BCUT2D eigenvalue weighted by molar-refractivity contribution is 5.72. The maximum atomic E-state index is 13.1. The molecule has 0 bridgehead atoms. The van der Waals surface area contributed by atoms with Crippen molar-refractivity contribution in [3.8, 4) is 5.75 Å². The second-order valence-electron chi connectivity index (χ2n) is 12.7. The van der Waals surface area contributed by atoms with Crippen LogP contribution in [0.25, 0.3) is 0 Å². The van der Waals surface area contributed by atoms with E-state index in [-0.39, 0.29) is 11.9 Å². The molecule has 0 spiro atoms. The molecule has 2 atom stereocenters. The zero-order chi connectivity index (χ0) is 29.8. The Kier molecular flexibility index (Phi) is 17.5. The van der Waals surface area contributed by atoms with Crippen molar-refractivity contribution < 1.29 is 18.8 Å². The molecule has 0 saturated heterocycles. The number of carbonyl (C=O) groups is 1. The first-order chi connectivity index (χ1) is 19.8. The van der Waals surface area contributed by atoms with Crippen molar-refractivity contribution in [2.24, 2.45) is 5.92 Å². The van der Waals surface area contributed by atoms with Gasteiger partial charge >= 0.3 is 5.97 Å². The SMILES string of the molecule is CCCCCCCCCCCCCCc1ccccc1OC(CCC)OC(=O)C(C)C[N+](C)(C)Cc1ccccc1. The van der Waals surface area contributed by atoms with Gasteiger partial charge in [-0.15, -0.1) is 0 Å². The lowest BCUT2D eigenvalue weighted by Crippen LogP contribution is -2.44. The zero-order valence-corrected chi connectivity index (χ0v) is 27.0. The third-order valence-electron chi connectivity index (χ3n) is 7.93. The van der Waals surface area contributed by atoms with Crippen LogP contribution in [0.1, 0.15) is 122 Å². The van der Waals surface area contributed by atoms with Gasteiger partial charge in [-0.05, 0) is 37.8 Å². The number of hydrogen-bond donors (Lipinski definition) is 0. The fourth-order valence-corrected chi connectivity index (χ4v) is 5.70. The molecule has 0 radical (unpaired) electrons. The Bertz CT molecular complexity index is 942. The summed E-state index contributed by atoms with van der Waals surface area (Å²) in [4.78, 5) is 13.1. The van der Waals surface area contributed by atoms with Crippen LogP contribution in [0.2, 0.25) is 0 Å². The van der Waals surface area contributed by atoms with Crippen molar-refractivity contribution in [1.82, 2.24) is 0 Å². The van der Waals surface area contributed by atoms with E-state index in [1.807, 2.05) is 25.1 Å². The van der Waals surface area contributed by atoms with Crippen molar-refractivity contribution in [3.63, 3.8) is 0 Å². The quantitative estimate of drug-likeness (QED) is 0.0581. The van der Waals surface area contributed by atoms with Crippen molar-refractivity contribution in [2.45, 2.75) is 130 Å². The lowest BCUT2D eigenvalue weighted by atomic mass is 10.0. The number of ether oxygens (including phenoxy) is 2. The van der Waals surface area contributed by atoms with E-state index in [1.165, 1.54) is 88.2 Å². The molecule has 2 unspecified atom stereocenters. The van der Waals surface area contributed by atoms with Crippen LogP contribution in [0.15, 0.2) is 54.6 Å². The maximum Gasteiger partial charge on any atom is 0.317 e. The van der Waals surface area contributed by atoms with Gasteiger partial charge in [0.2, 0.25) is 6.29 Å². The topological polar surface area (TPSA) is 35.5 Å². The van der Waals surface area contributed by atoms with Gasteiger partial charge in [-0.1, -0.05) is 133 Å². The van der Waals surface area contributed by atoms with Crippen LogP contribution in [0.5, 0.6) is 5.75 Å². The third kappa shape index (κ3) is 15.5. The van der Waals surface area contributed by atoms with E-state index in [1.54, 1.807) is 0 Å². The molecule has 4 heteroatoms. The lowest BCUT2D eigenvalue weighted by Gasteiger charge is -2.32. The number of unbranched alkanes of at least 4 members (excludes halogenated alkanes) is 11. The first-order valence-electron chi connectivity index (χ1n) is 16.7. The Hall–Kier alpha value is -2.33. The smallest absolute Gasteiger partial charge is 0.317 e. The van der Waals surface area contributed by atoms with Crippen LogP contribution in [-0.4, -0.2) is 37.4 Å². The Morgan fingerprint density at radius 3 is 1.90 bits per heavy atom. The maximum absolute atomic E-state index is 13.1. The summed E-state index contributed by atoms with van der Waals surface area (Å²) < 4.78 is 13.0. The summed E-state index contributed by atoms with van der Waals surface area (Å²) in [5, 5.41) is 0. The number of nitrogens with zero attached hydrogens (tertiary/aromatic N) is 1. The minimum Gasteiger partial charge on any atom is -0.455 e. The molecule has 2 aromatic rings.